The van der Waals surface area contributed by atoms with Crippen LogP contribution in [0.2, 0.25) is 0 Å². The molecule has 0 radical (unpaired) electrons. The fourth-order valence-electron chi connectivity index (χ4n) is 3.84. The topological polar surface area (TPSA) is 53.9 Å². The molecule has 0 bridgehead atoms. The van der Waals surface area contributed by atoms with Crippen molar-refractivity contribution in [2.45, 2.75) is 19.3 Å². The molecule has 1 fully saturated rings. The number of nitrogens with zero attached hydrogens (tertiary/aromatic N) is 3. The molecule has 5 nitrogen and oxygen atoms in total. The monoisotopic (exact) mass is 344 g/mol. The van der Waals surface area contributed by atoms with Crippen molar-refractivity contribution in [3.05, 3.63) is 65.1 Å². The van der Waals surface area contributed by atoms with Gasteiger partial charge in [-0.25, -0.2) is 0 Å². The van der Waals surface area contributed by atoms with Crippen molar-refractivity contribution >= 4 is 16.6 Å². The Morgan fingerprint density at radius 3 is 2.54 bits per heavy atom. The minimum absolute atomic E-state index is 0.0901. The van der Waals surface area contributed by atoms with E-state index in [1.54, 1.807) is 6.20 Å². The maximum absolute atomic E-state index is 12.8. The molecule has 26 heavy (non-hydrogen) atoms. The van der Waals surface area contributed by atoms with Gasteiger partial charge in [0.25, 0.3) is 5.56 Å². The number of para-hydroxylation sites is 1. The largest absolute Gasteiger partial charge is 0.372 e. The van der Waals surface area contributed by atoms with Gasteiger partial charge in [-0.05, 0) is 49.6 Å². The molecule has 3 heterocycles. The summed E-state index contributed by atoms with van der Waals surface area (Å²) in [6.45, 7) is 2.19. The molecule has 0 spiro atoms. The number of pyridine rings is 1. The van der Waals surface area contributed by atoms with Crippen LogP contribution in [0.5, 0.6) is 0 Å². The number of aromatic amines is 1. The van der Waals surface area contributed by atoms with Gasteiger partial charge in [0, 0.05) is 35.9 Å². The van der Waals surface area contributed by atoms with Crippen LogP contribution in [0.3, 0.4) is 0 Å². The molecule has 0 aromatic heterocycles. The third-order valence-corrected chi connectivity index (χ3v) is 5.23. The van der Waals surface area contributed by atoms with E-state index in [-0.39, 0.29) is 5.56 Å². The Morgan fingerprint density at radius 2 is 1.73 bits per heavy atom. The van der Waals surface area contributed by atoms with E-state index in [1.807, 2.05) is 30.3 Å². The zero-order valence-electron chi connectivity index (χ0n) is 14.5. The van der Waals surface area contributed by atoms with Crippen LogP contribution >= 0.6 is 0 Å². The zero-order valence-corrected chi connectivity index (χ0v) is 14.5. The maximum Gasteiger partial charge on any atom is 0.282 e. The molecule has 0 aliphatic carbocycles. The van der Waals surface area contributed by atoms with Gasteiger partial charge >= 0.3 is 0 Å². The molecule has 3 aliphatic rings. The molecular weight excluding hydrogens is 324 g/mol. The molecule has 5 rings (SSSR count). The third kappa shape index (κ3) is 2.39. The van der Waals surface area contributed by atoms with Gasteiger partial charge in [0.05, 0.1) is 11.3 Å². The summed E-state index contributed by atoms with van der Waals surface area (Å²) >= 11 is 0. The van der Waals surface area contributed by atoms with E-state index in [0.717, 1.165) is 35.4 Å². The summed E-state index contributed by atoms with van der Waals surface area (Å²) in [5.74, 6) is 0. The Morgan fingerprint density at radius 1 is 0.923 bits per heavy atom. The molecule has 130 valence electrons. The molecular formula is C21H20N4O. The normalized spacial score (nSPS) is 15.0. The Bertz CT molecular complexity index is 1090. The summed E-state index contributed by atoms with van der Waals surface area (Å²) in [4.78, 5) is 18.5. The second-order valence-electron chi connectivity index (χ2n) is 6.88. The third-order valence-electron chi connectivity index (χ3n) is 5.23. The van der Waals surface area contributed by atoms with Crippen LogP contribution in [0.15, 0.2) is 59.5 Å². The van der Waals surface area contributed by atoms with Crippen LogP contribution in [0, 0.1) is 0 Å². The first kappa shape index (κ1) is 15.2. The molecule has 3 aliphatic heterocycles. The second-order valence-corrected chi connectivity index (χ2v) is 6.88. The molecule has 1 N–H and O–H groups in total. The van der Waals surface area contributed by atoms with Crippen molar-refractivity contribution in [1.29, 1.82) is 0 Å². The summed E-state index contributed by atoms with van der Waals surface area (Å²) in [5.41, 5.74) is 4.28. The standard InChI is InChI=1S/C21H20N4O/c26-21-18-14-22-19-10-9-16(24-11-5-2-6-12-24)13-17(19)20(18)23-25(21)15-7-3-1-4-8-15/h1,3-4,7-10,13-14,22H,2,5-6,11-12H2. The Hall–Kier alpha value is -3.08. The van der Waals surface area contributed by atoms with Gasteiger partial charge in [0.1, 0.15) is 5.69 Å². The molecule has 0 unspecified atom stereocenters. The average Bonchev–Trinajstić information content (AvgIpc) is 3.06. The van der Waals surface area contributed by atoms with E-state index >= 15 is 0 Å². The second kappa shape index (κ2) is 6.02. The van der Waals surface area contributed by atoms with Crippen LogP contribution < -0.4 is 10.5 Å². The van der Waals surface area contributed by atoms with Crippen LogP contribution in [0.4, 0.5) is 5.69 Å². The Balaban J connectivity index is 1.70. The lowest BCUT2D eigenvalue weighted by molar-refractivity contribution is 0.578. The smallest absolute Gasteiger partial charge is 0.282 e. The number of piperidine rings is 1. The number of hydrogen-bond donors (Lipinski definition) is 1. The SMILES string of the molecule is O=c1c2c[nH]c3ccc(N4CCCCC4)cc3c-2nn1-c1ccccc1. The van der Waals surface area contributed by atoms with E-state index in [1.165, 1.54) is 29.6 Å². The first-order chi connectivity index (χ1) is 12.8. The van der Waals surface area contributed by atoms with E-state index in [9.17, 15) is 4.79 Å². The van der Waals surface area contributed by atoms with Gasteiger partial charge in [0.2, 0.25) is 0 Å². The summed E-state index contributed by atoms with van der Waals surface area (Å²) in [6, 6.07) is 16.0. The lowest BCUT2D eigenvalue weighted by Gasteiger charge is -2.29. The molecule has 0 atom stereocenters. The van der Waals surface area contributed by atoms with Crippen molar-refractivity contribution in [2.24, 2.45) is 0 Å². The predicted octanol–water partition coefficient (Wildman–Crippen LogP) is 3.81. The number of hydrogen-bond acceptors (Lipinski definition) is 3. The highest BCUT2D eigenvalue weighted by Crippen LogP contribution is 2.30. The van der Waals surface area contributed by atoms with E-state index in [2.05, 4.69) is 33.2 Å². The highest BCUT2D eigenvalue weighted by molar-refractivity contribution is 5.95. The van der Waals surface area contributed by atoms with Crippen molar-refractivity contribution in [2.75, 3.05) is 18.0 Å². The number of fused-ring (bicyclic) bond motifs is 3. The van der Waals surface area contributed by atoms with Crippen molar-refractivity contribution in [1.82, 2.24) is 14.8 Å². The summed E-state index contributed by atoms with van der Waals surface area (Å²) in [7, 11) is 0. The predicted molar refractivity (Wildman–Crippen MR) is 104 cm³/mol. The van der Waals surface area contributed by atoms with Gasteiger partial charge < -0.3 is 9.88 Å². The lowest BCUT2D eigenvalue weighted by atomic mass is 10.1. The fraction of sp³-hybridized carbons (Fsp3) is 0.238. The quantitative estimate of drug-likeness (QED) is 0.602. The van der Waals surface area contributed by atoms with E-state index in [4.69, 9.17) is 0 Å². The lowest BCUT2D eigenvalue weighted by Crippen LogP contribution is -2.29. The molecule has 0 saturated carbocycles. The number of aromatic nitrogens is 3. The Labute approximate surface area is 151 Å². The molecule has 2 aromatic carbocycles. The van der Waals surface area contributed by atoms with Crippen LogP contribution in [-0.2, 0) is 0 Å². The van der Waals surface area contributed by atoms with Gasteiger partial charge in [0.15, 0.2) is 0 Å². The number of nitrogens with one attached hydrogen (secondary N) is 1. The van der Waals surface area contributed by atoms with Crippen LogP contribution in [-0.4, -0.2) is 27.9 Å². The number of anilines is 1. The van der Waals surface area contributed by atoms with Crippen molar-refractivity contribution in [3.63, 3.8) is 0 Å². The van der Waals surface area contributed by atoms with Crippen LogP contribution in [0.1, 0.15) is 19.3 Å². The minimum Gasteiger partial charge on any atom is -0.372 e. The van der Waals surface area contributed by atoms with Crippen molar-refractivity contribution < 1.29 is 0 Å². The van der Waals surface area contributed by atoms with Gasteiger partial charge in [-0.15, -0.1) is 0 Å². The summed E-state index contributed by atoms with van der Waals surface area (Å²) in [6.07, 6.45) is 5.56. The molecule has 0 amide bonds. The number of benzene rings is 2. The average molecular weight is 344 g/mol. The highest BCUT2D eigenvalue weighted by Gasteiger charge is 2.20. The van der Waals surface area contributed by atoms with E-state index < -0.39 is 0 Å². The van der Waals surface area contributed by atoms with Gasteiger partial charge in [-0.3, -0.25) is 4.79 Å². The number of H-pyrrole nitrogens is 1. The van der Waals surface area contributed by atoms with Crippen molar-refractivity contribution in [3.8, 4) is 16.9 Å². The first-order valence-electron chi connectivity index (χ1n) is 9.16. The summed E-state index contributed by atoms with van der Waals surface area (Å²) in [5, 5.41) is 5.66. The fourth-order valence-corrected chi connectivity index (χ4v) is 3.84. The molecule has 5 heteroatoms. The van der Waals surface area contributed by atoms with E-state index in [0.29, 0.717) is 5.56 Å². The van der Waals surface area contributed by atoms with Gasteiger partial charge in [-0.1, -0.05) is 18.2 Å². The number of rotatable bonds is 2. The summed E-state index contributed by atoms with van der Waals surface area (Å²) < 4.78 is 1.49. The van der Waals surface area contributed by atoms with Gasteiger partial charge in [-0.2, -0.15) is 9.78 Å². The maximum atomic E-state index is 12.8. The molecule has 1 saturated heterocycles. The minimum atomic E-state index is -0.0901. The highest BCUT2D eigenvalue weighted by atomic mass is 16.1. The van der Waals surface area contributed by atoms with Crippen LogP contribution in [0.25, 0.3) is 27.8 Å². The Kier molecular flexibility index (Phi) is 3.52. The molecule has 2 aromatic rings. The first-order valence-corrected chi connectivity index (χ1v) is 9.16. The zero-order chi connectivity index (χ0) is 17.5.